The Morgan fingerprint density at radius 2 is 1.50 bits per heavy atom. The molecule has 0 saturated heterocycles. The number of rotatable bonds is 2. The summed E-state index contributed by atoms with van der Waals surface area (Å²) < 4.78 is 27.3. The Morgan fingerprint density at radius 3 is 2.17 bits per heavy atom. The average Bonchev–Trinajstić information content (AvgIpc) is 2.36. The Kier molecular flexibility index (Phi) is 3.43. The molecule has 18 heavy (non-hydrogen) atoms. The molecule has 0 spiro atoms. The molecule has 2 aromatic carbocycles. The van der Waals surface area contributed by atoms with E-state index in [9.17, 15) is 13.9 Å². The van der Waals surface area contributed by atoms with Crippen molar-refractivity contribution >= 4 is 0 Å². The van der Waals surface area contributed by atoms with E-state index in [1.165, 1.54) is 19.1 Å². The zero-order valence-electron chi connectivity index (χ0n) is 10.2. The van der Waals surface area contributed by atoms with Crippen molar-refractivity contribution < 1.29 is 13.9 Å². The number of aliphatic hydroxyl groups excluding tert-OH is 1. The Labute approximate surface area is 105 Å². The van der Waals surface area contributed by atoms with Crippen molar-refractivity contribution in [3.05, 3.63) is 70.3 Å². The van der Waals surface area contributed by atoms with Crippen LogP contribution in [0.1, 0.15) is 28.4 Å². The maximum atomic E-state index is 13.8. The molecule has 0 amide bonds. The standard InChI is InChI=1S/C15H14F2O/c1-9-5-3-4-6-11(9)15(18)12-8-7-10(2)13(16)14(12)17/h3-8,15,18H,1-2H3. The number of hydrogen-bond donors (Lipinski definition) is 1. The molecule has 2 rings (SSSR count). The van der Waals surface area contributed by atoms with E-state index in [0.717, 1.165) is 5.56 Å². The highest BCUT2D eigenvalue weighted by atomic mass is 19.2. The fourth-order valence-corrected chi connectivity index (χ4v) is 1.93. The van der Waals surface area contributed by atoms with E-state index < -0.39 is 17.7 Å². The molecular weight excluding hydrogens is 234 g/mol. The zero-order valence-corrected chi connectivity index (χ0v) is 10.2. The quantitative estimate of drug-likeness (QED) is 0.859. The SMILES string of the molecule is Cc1ccccc1C(O)c1ccc(C)c(F)c1F. The first-order chi connectivity index (χ1) is 8.52. The number of halogens is 2. The number of hydrogen-bond acceptors (Lipinski definition) is 1. The third-order valence-electron chi connectivity index (χ3n) is 3.08. The molecule has 0 aliphatic carbocycles. The van der Waals surface area contributed by atoms with Gasteiger partial charge in [-0.2, -0.15) is 0 Å². The van der Waals surface area contributed by atoms with Crippen LogP contribution >= 0.6 is 0 Å². The van der Waals surface area contributed by atoms with Crippen LogP contribution < -0.4 is 0 Å². The second-order valence-electron chi connectivity index (χ2n) is 4.36. The van der Waals surface area contributed by atoms with Crippen molar-refractivity contribution in [1.29, 1.82) is 0 Å². The van der Waals surface area contributed by atoms with Gasteiger partial charge in [-0.1, -0.05) is 36.4 Å². The van der Waals surface area contributed by atoms with Gasteiger partial charge in [-0.3, -0.25) is 0 Å². The molecule has 1 N–H and O–H groups in total. The van der Waals surface area contributed by atoms with Crippen molar-refractivity contribution in [2.24, 2.45) is 0 Å². The zero-order chi connectivity index (χ0) is 13.3. The summed E-state index contributed by atoms with van der Waals surface area (Å²) in [6.07, 6.45) is -1.15. The van der Waals surface area contributed by atoms with Gasteiger partial charge >= 0.3 is 0 Å². The summed E-state index contributed by atoms with van der Waals surface area (Å²) in [5.41, 5.74) is 1.62. The van der Waals surface area contributed by atoms with E-state index in [4.69, 9.17) is 0 Å². The van der Waals surface area contributed by atoms with Gasteiger partial charge in [0, 0.05) is 5.56 Å². The highest BCUT2D eigenvalue weighted by Gasteiger charge is 2.20. The van der Waals surface area contributed by atoms with Gasteiger partial charge in [0.1, 0.15) is 6.10 Å². The van der Waals surface area contributed by atoms with Crippen LogP contribution in [0.25, 0.3) is 0 Å². The van der Waals surface area contributed by atoms with E-state index in [0.29, 0.717) is 5.56 Å². The summed E-state index contributed by atoms with van der Waals surface area (Å²) in [5, 5.41) is 10.2. The topological polar surface area (TPSA) is 20.2 Å². The molecule has 2 aromatic rings. The van der Waals surface area contributed by atoms with E-state index in [-0.39, 0.29) is 11.1 Å². The monoisotopic (exact) mass is 248 g/mol. The van der Waals surface area contributed by atoms with E-state index in [1.807, 2.05) is 19.1 Å². The van der Waals surface area contributed by atoms with Crippen LogP contribution in [0.2, 0.25) is 0 Å². The second-order valence-corrected chi connectivity index (χ2v) is 4.36. The number of benzene rings is 2. The lowest BCUT2D eigenvalue weighted by Crippen LogP contribution is -2.06. The molecule has 0 radical (unpaired) electrons. The molecule has 0 heterocycles. The van der Waals surface area contributed by atoms with Gasteiger partial charge in [0.15, 0.2) is 11.6 Å². The molecule has 0 saturated carbocycles. The van der Waals surface area contributed by atoms with E-state index in [2.05, 4.69) is 0 Å². The molecular formula is C15H14F2O. The van der Waals surface area contributed by atoms with Crippen LogP contribution in [-0.2, 0) is 0 Å². The first-order valence-electron chi connectivity index (χ1n) is 5.70. The molecule has 0 aliphatic rings. The van der Waals surface area contributed by atoms with Crippen LogP contribution in [0.5, 0.6) is 0 Å². The van der Waals surface area contributed by atoms with Crippen molar-refractivity contribution in [3.63, 3.8) is 0 Å². The van der Waals surface area contributed by atoms with Gasteiger partial charge < -0.3 is 5.11 Å². The van der Waals surface area contributed by atoms with Crippen LogP contribution in [0.4, 0.5) is 8.78 Å². The molecule has 3 heteroatoms. The largest absolute Gasteiger partial charge is 0.384 e. The summed E-state index contributed by atoms with van der Waals surface area (Å²) >= 11 is 0. The smallest absolute Gasteiger partial charge is 0.165 e. The lowest BCUT2D eigenvalue weighted by atomic mass is 9.96. The fourth-order valence-electron chi connectivity index (χ4n) is 1.93. The molecule has 1 atom stereocenters. The molecule has 94 valence electrons. The highest BCUT2D eigenvalue weighted by molar-refractivity contribution is 5.37. The second kappa shape index (κ2) is 4.86. The normalized spacial score (nSPS) is 12.5. The minimum atomic E-state index is -1.15. The first-order valence-corrected chi connectivity index (χ1v) is 5.70. The Morgan fingerprint density at radius 1 is 0.833 bits per heavy atom. The number of aliphatic hydroxyl groups is 1. The Balaban J connectivity index is 2.50. The summed E-state index contributed by atoms with van der Waals surface area (Å²) in [5.74, 6) is -1.88. The minimum absolute atomic E-state index is 0.0348. The summed E-state index contributed by atoms with van der Waals surface area (Å²) in [7, 11) is 0. The van der Waals surface area contributed by atoms with Crippen molar-refractivity contribution in [2.45, 2.75) is 20.0 Å². The molecule has 0 fully saturated rings. The molecule has 0 aromatic heterocycles. The van der Waals surface area contributed by atoms with Crippen molar-refractivity contribution in [2.75, 3.05) is 0 Å². The maximum absolute atomic E-state index is 13.8. The average molecular weight is 248 g/mol. The predicted molar refractivity (Wildman–Crippen MR) is 66.3 cm³/mol. The fraction of sp³-hybridized carbons (Fsp3) is 0.200. The summed E-state index contributed by atoms with van der Waals surface area (Å²) in [6, 6.07) is 10.0. The molecule has 1 nitrogen and oxygen atoms in total. The van der Waals surface area contributed by atoms with Gasteiger partial charge in [0.25, 0.3) is 0 Å². The van der Waals surface area contributed by atoms with Crippen LogP contribution in [0, 0.1) is 25.5 Å². The van der Waals surface area contributed by atoms with Gasteiger partial charge in [0.2, 0.25) is 0 Å². The van der Waals surface area contributed by atoms with Gasteiger partial charge in [-0.05, 0) is 30.5 Å². The van der Waals surface area contributed by atoms with Crippen molar-refractivity contribution in [3.8, 4) is 0 Å². The molecule has 0 aliphatic heterocycles. The number of aryl methyl sites for hydroxylation is 2. The van der Waals surface area contributed by atoms with Gasteiger partial charge in [0.05, 0.1) is 0 Å². The first kappa shape index (κ1) is 12.7. The summed E-state index contributed by atoms with van der Waals surface area (Å²) in [4.78, 5) is 0. The summed E-state index contributed by atoms with van der Waals surface area (Å²) in [6.45, 7) is 3.31. The predicted octanol–water partition coefficient (Wildman–Crippen LogP) is 3.66. The van der Waals surface area contributed by atoms with Crippen molar-refractivity contribution in [1.82, 2.24) is 0 Å². The molecule has 1 unspecified atom stereocenters. The molecule has 0 bridgehead atoms. The van der Waals surface area contributed by atoms with E-state index in [1.54, 1.807) is 12.1 Å². The van der Waals surface area contributed by atoms with Crippen LogP contribution in [-0.4, -0.2) is 5.11 Å². The minimum Gasteiger partial charge on any atom is -0.384 e. The van der Waals surface area contributed by atoms with Crippen LogP contribution in [0.15, 0.2) is 36.4 Å². The third-order valence-corrected chi connectivity index (χ3v) is 3.08. The van der Waals surface area contributed by atoms with Gasteiger partial charge in [-0.15, -0.1) is 0 Å². The Hall–Kier alpha value is -1.74. The Bertz CT molecular complexity index is 579. The maximum Gasteiger partial charge on any atom is 0.165 e. The third kappa shape index (κ3) is 2.14. The van der Waals surface area contributed by atoms with E-state index >= 15 is 0 Å². The lowest BCUT2D eigenvalue weighted by molar-refractivity contribution is 0.212. The van der Waals surface area contributed by atoms with Crippen LogP contribution in [0.3, 0.4) is 0 Å². The highest BCUT2D eigenvalue weighted by Crippen LogP contribution is 2.28. The lowest BCUT2D eigenvalue weighted by Gasteiger charge is -2.15. The van der Waals surface area contributed by atoms with Gasteiger partial charge in [-0.25, -0.2) is 8.78 Å².